The van der Waals surface area contributed by atoms with Gasteiger partial charge in [-0.15, -0.1) is 0 Å². The highest BCUT2D eigenvalue weighted by atomic mass is 16.0. The van der Waals surface area contributed by atoms with Crippen molar-refractivity contribution in [1.29, 1.82) is 0 Å². The van der Waals surface area contributed by atoms with Crippen LogP contribution >= 0.6 is 0 Å². The second-order valence-electron chi connectivity index (χ2n) is 5.38. The molecule has 0 aliphatic heterocycles. The van der Waals surface area contributed by atoms with Crippen LogP contribution in [-0.2, 0) is 0 Å². The van der Waals surface area contributed by atoms with Crippen LogP contribution in [0.3, 0.4) is 0 Å². The van der Waals surface area contributed by atoms with Gasteiger partial charge in [-0.1, -0.05) is 90.4 Å². The molecule has 0 saturated carbocycles. The summed E-state index contributed by atoms with van der Waals surface area (Å²) in [6, 6.07) is 0. The van der Waals surface area contributed by atoms with Crippen molar-refractivity contribution < 1.29 is 5.48 Å². The Morgan fingerprint density at radius 3 is 1.06 bits per heavy atom. The Morgan fingerprint density at radius 2 is 0.778 bits per heavy atom. The average Bonchev–Trinajstić information content (AvgIpc) is 2.35. The molecule has 0 rings (SSSR count). The molecule has 0 unspecified atom stereocenters. The predicted molar refractivity (Wildman–Crippen MR) is 83.0 cm³/mol. The zero-order valence-electron chi connectivity index (χ0n) is 12.7. The standard InChI is InChI=1S/C16H35N.H2O/c1-2-3-4-5-6-7-8-9-10-11-12-13-14-15-16-17;/h2-17H2,1H3;1H2. The lowest BCUT2D eigenvalue weighted by Crippen LogP contribution is -1.97. The molecule has 2 heteroatoms. The van der Waals surface area contributed by atoms with Crippen LogP contribution in [0.2, 0.25) is 0 Å². The molecule has 0 radical (unpaired) electrons. The zero-order valence-corrected chi connectivity index (χ0v) is 12.7. The maximum atomic E-state index is 5.47. The normalized spacial score (nSPS) is 10.3. The van der Waals surface area contributed by atoms with E-state index >= 15 is 0 Å². The predicted octanol–water partition coefficient (Wildman–Crippen LogP) is 4.60. The van der Waals surface area contributed by atoms with Crippen LogP contribution in [0.5, 0.6) is 0 Å². The molecule has 0 aromatic heterocycles. The fraction of sp³-hybridized carbons (Fsp3) is 1.00. The Morgan fingerprint density at radius 1 is 0.500 bits per heavy atom. The number of hydrogen-bond acceptors (Lipinski definition) is 1. The summed E-state index contributed by atoms with van der Waals surface area (Å²) < 4.78 is 0. The monoisotopic (exact) mass is 259 g/mol. The average molecular weight is 259 g/mol. The van der Waals surface area contributed by atoms with Crippen molar-refractivity contribution >= 4 is 0 Å². The summed E-state index contributed by atoms with van der Waals surface area (Å²) in [6.07, 6.45) is 19.9. The summed E-state index contributed by atoms with van der Waals surface area (Å²) in [5.74, 6) is 0. The zero-order chi connectivity index (χ0) is 12.6. The molecule has 0 fully saturated rings. The molecule has 4 N–H and O–H groups in total. The van der Waals surface area contributed by atoms with Crippen molar-refractivity contribution in [2.24, 2.45) is 5.73 Å². The van der Waals surface area contributed by atoms with Gasteiger partial charge in [-0.2, -0.15) is 0 Å². The fourth-order valence-electron chi connectivity index (χ4n) is 2.34. The van der Waals surface area contributed by atoms with Gasteiger partial charge < -0.3 is 11.2 Å². The van der Waals surface area contributed by atoms with Gasteiger partial charge in [0.2, 0.25) is 0 Å². The van der Waals surface area contributed by atoms with E-state index in [2.05, 4.69) is 6.92 Å². The Balaban J connectivity index is 0. The molecule has 0 aliphatic carbocycles. The third kappa shape index (κ3) is 18.3. The van der Waals surface area contributed by atoms with Gasteiger partial charge in [0.15, 0.2) is 0 Å². The van der Waals surface area contributed by atoms with Crippen LogP contribution in [0.4, 0.5) is 0 Å². The van der Waals surface area contributed by atoms with E-state index in [0.717, 1.165) is 6.54 Å². The van der Waals surface area contributed by atoms with Crippen LogP contribution in [0.15, 0.2) is 0 Å². The molecule has 18 heavy (non-hydrogen) atoms. The number of rotatable bonds is 14. The van der Waals surface area contributed by atoms with E-state index < -0.39 is 0 Å². The maximum Gasteiger partial charge on any atom is -0.00773 e. The van der Waals surface area contributed by atoms with Crippen LogP contribution in [-0.4, -0.2) is 12.0 Å². The molecule has 0 spiro atoms. The van der Waals surface area contributed by atoms with Crippen LogP contribution in [0.1, 0.15) is 96.8 Å². The van der Waals surface area contributed by atoms with Crippen molar-refractivity contribution in [3.8, 4) is 0 Å². The molecular formula is C16H37NO. The topological polar surface area (TPSA) is 57.5 Å². The van der Waals surface area contributed by atoms with E-state index in [1.54, 1.807) is 0 Å². The third-order valence-electron chi connectivity index (χ3n) is 3.56. The first-order chi connectivity index (χ1) is 8.41. The second kappa shape index (κ2) is 19.3. The third-order valence-corrected chi connectivity index (χ3v) is 3.56. The van der Waals surface area contributed by atoms with Crippen molar-refractivity contribution in [1.82, 2.24) is 0 Å². The lowest BCUT2D eigenvalue weighted by molar-refractivity contribution is 0.536. The van der Waals surface area contributed by atoms with Crippen LogP contribution in [0, 0.1) is 0 Å². The molecule has 0 atom stereocenters. The highest BCUT2D eigenvalue weighted by Gasteiger charge is 1.93. The summed E-state index contributed by atoms with van der Waals surface area (Å²) in [6.45, 7) is 3.16. The summed E-state index contributed by atoms with van der Waals surface area (Å²) in [7, 11) is 0. The summed E-state index contributed by atoms with van der Waals surface area (Å²) >= 11 is 0. The molecule has 0 amide bonds. The van der Waals surface area contributed by atoms with Crippen molar-refractivity contribution in [2.75, 3.05) is 6.54 Å². The summed E-state index contributed by atoms with van der Waals surface area (Å²) in [4.78, 5) is 0. The largest absolute Gasteiger partial charge is 0.412 e. The molecule has 0 heterocycles. The van der Waals surface area contributed by atoms with E-state index in [-0.39, 0.29) is 5.48 Å². The van der Waals surface area contributed by atoms with E-state index in [1.165, 1.54) is 89.9 Å². The smallest absolute Gasteiger partial charge is 0.00773 e. The Bertz CT molecular complexity index is 114. The van der Waals surface area contributed by atoms with Crippen molar-refractivity contribution in [2.45, 2.75) is 96.8 Å². The molecular weight excluding hydrogens is 222 g/mol. The van der Waals surface area contributed by atoms with Gasteiger partial charge in [-0.05, 0) is 13.0 Å². The van der Waals surface area contributed by atoms with Gasteiger partial charge in [-0.25, -0.2) is 0 Å². The highest BCUT2D eigenvalue weighted by molar-refractivity contribution is 4.49. The van der Waals surface area contributed by atoms with Gasteiger partial charge in [0, 0.05) is 0 Å². The molecule has 0 aliphatic rings. The minimum atomic E-state index is 0. The van der Waals surface area contributed by atoms with E-state index in [4.69, 9.17) is 5.73 Å². The quantitative estimate of drug-likeness (QED) is 0.455. The maximum absolute atomic E-state index is 5.47. The van der Waals surface area contributed by atoms with Crippen molar-refractivity contribution in [3.63, 3.8) is 0 Å². The second-order valence-corrected chi connectivity index (χ2v) is 5.38. The van der Waals surface area contributed by atoms with Crippen molar-refractivity contribution in [3.05, 3.63) is 0 Å². The Labute approximate surface area is 115 Å². The highest BCUT2D eigenvalue weighted by Crippen LogP contribution is 2.12. The molecule has 2 nitrogen and oxygen atoms in total. The minimum absolute atomic E-state index is 0. The Kier molecular flexibility index (Phi) is 21.7. The molecule has 0 bridgehead atoms. The molecule has 0 saturated heterocycles. The fourth-order valence-corrected chi connectivity index (χ4v) is 2.34. The van der Waals surface area contributed by atoms with Crippen LogP contribution in [0.25, 0.3) is 0 Å². The Hall–Kier alpha value is -0.0800. The molecule has 0 aromatic carbocycles. The van der Waals surface area contributed by atoms with Crippen LogP contribution < -0.4 is 5.73 Å². The van der Waals surface area contributed by atoms with E-state index in [1.807, 2.05) is 0 Å². The lowest BCUT2D eigenvalue weighted by atomic mass is 10.0. The summed E-state index contributed by atoms with van der Waals surface area (Å²) in [5.41, 5.74) is 5.47. The lowest BCUT2D eigenvalue weighted by Gasteiger charge is -2.02. The first kappa shape index (κ1) is 20.2. The molecule has 112 valence electrons. The SMILES string of the molecule is CCCCCCCCCCCCCCCCN.O. The number of hydrogen-bond donors (Lipinski definition) is 1. The summed E-state index contributed by atoms with van der Waals surface area (Å²) in [5, 5.41) is 0. The number of unbranched alkanes of at least 4 members (excludes halogenated alkanes) is 13. The van der Waals surface area contributed by atoms with E-state index in [0.29, 0.717) is 0 Å². The van der Waals surface area contributed by atoms with Gasteiger partial charge in [0.05, 0.1) is 0 Å². The van der Waals surface area contributed by atoms with Gasteiger partial charge >= 0.3 is 0 Å². The first-order valence-corrected chi connectivity index (χ1v) is 8.12. The van der Waals surface area contributed by atoms with Gasteiger partial charge in [0.25, 0.3) is 0 Å². The number of nitrogens with two attached hydrogens (primary N) is 1. The van der Waals surface area contributed by atoms with Gasteiger partial charge in [0.1, 0.15) is 0 Å². The minimum Gasteiger partial charge on any atom is -0.412 e. The first-order valence-electron chi connectivity index (χ1n) is 8.12. The van der Waals surface area contributed by atoms with Gasteiger partial charge in [-0.3, -0.25) is 0 Å². The molecule has 0 aromatic rings. The van der Waals surface area contributed by atoms with E-state index in [9.17, 15) is 0 Å².